The van der Waals surface area contributed by atoms with Crippen LogP contribution in [0.2, 0.25) is 0 Å². The molecule has 6 heteroatoms. The van der Waals surface area contributed by atoms with Gasteiger partial charge in [-0.1, -0.05) is 0 Å². The molecular weight excluding hydrogens is 297 g/mol. The second-order valence-electron chi connectivity index (χ2n) is 5.99. The molecule has 5 nitrogen and oxygen atoms in total. The first kappa shape index (κ1) is 15.7. The number of nitrogens with zero attached hydrogens (tertiary/aromatic N) is 3. The number of piperidine rings is 1. The maximum Gasteiger partial charge on any atom is 0.253 e. The van der Waals surface area contributed by atoms with Gasteiger partial charge in [-0.05, 0) is 49.9 Å². The van der Waals surface area contributed by atoms with Crippen LogP contribution in [0.15, 0.2) is 36.7 Å². The van der Waals surface area contributed by atoms with Crippen LogP contribution in [0, 0.1) is 11.7 Å². The Morgan fingerprint density at radius 3 is 2.70 bits per heavy atom. The molecule has 0 radical (unpaired) electrons. The lowest BCUT2D eigenvalue weighted by molar-refractivity contribution is 0.0521. The zero-order valence-corrected chi connectivity index (χ0v) is 13.0. The Morgan fingerprint density at radius 2 is 2.13 bits per heavy atom. The number of carbonyl (C=O) groups excluding carboxylic acids is 1. The number of halogens is 1. The SMILES string of the molecule is CC(O)C1CCN(C(=O)c2ccc(-n3cccn3)c(F)c2)CC1. The number of hydrogen-bond donors (Lipinski definition) is 1. The zero-order chi connectivity index (χ0) is 16.4. The predicted molar refractivity (Wildman–Crippen MR) is 83.8 cm³/mol. The third kappa shape index (κ3) is 3.27. The summed E-state index contributed by atoms with van der Waals surface area (Å²) in [4.78, 5) is 14.2. The van der Waals surface area contributed by atoms with E-state index in [1.54, 1.807) is 42.4 Å². The van der Waals surface area contributed by atoms with Crippen molar-refractivity contribution >= 4 is 5.91 Å². The molecule has 2 aromatic rings. The Balaban J connectivity index is 1.72. The third-order valence-corrected chi connectivity index (χ3v) is 4.45. The van der Waals surface area contributed by atoms with Gasteiger partial charge in [-0.15, -0.1) is 0 Å². The average molecular weight is 317 g/mol. The summed E-state index contributed by atoms with van der Waals surface area (Å²) in [6, 6.07) is 6.17. The van der Waals surface area contributed by atoms with Crippen LogP contribution >= 0.6 is 0 Å². The number of carbonyl (C=O) groups is 1. The Morgan fingerprint density at radius 1 is 1.39 bits per heavy atom. The lowest BCUT2D eigenvalue weighted by atomic mass is 9.92. The van der Waals surface area contributed by atoms with E-state index in [-0.39, 0.29) is 17.9 Å². The van der Waals surface area contributed by atoms with E-state index in [9.17, 15) is 14.3 Å². The first-order chi connectivity index (χ1) is 11.1. The molecule has 1 aromatic carbocycles. The highest BCUT2D eigenvalue weighted by Gasteiger charge is 2.26. The number of aromatic nitrogens is 2. The zero-order valence-electron chi connectivity index (χ0n) is 13.0. The summed E-state index contributed by atoms with van der Waals surface area (Å²) >= 11 is 0. The van der Waals surface area contributed by atoms with E-state index in [2.05, 4.69) is 5.10 Å². The van der Waals surface area contributed by atoms with Crippen LogP contribution in [0.3, 0.4) is 0 Å². The number of hydrogen-bond acceptors (Lipinski definition) is 3. The lowest BCUT2D eigenvalue weighted by Crippen LogP contribution is -2.40. The molecule has 1 aliphatic heterocycles. The van der Waals surface area contributed by atoms with E-state index >= 15 is 0 Å². The molecule has 23 heavy (non-hydrogen) atoms. The number of benzene rings is 1. The van der Waals surface area contributed by atoms with Crippen molar-refractivity contribution in [1.29, 1.82) is 0 Å². The number of aliphatic hydroxyl groups is 1. The Hall–Kier alpha value is -2.21. The molecular formula is C17H20FN3O2. The van der Waals surface area contributed by atoms with Crippen LogP contribution in [-0.4, -0.2) is 44.9 Å². The third-order valence-electron chi connectivity index (χ3n) is 4.45. The molecule has 1 unspecified atom stereocenters. The van der Waals surface area contributed by atoms with Crippen molar-refractivity contribution in [1.82, 2.24) is 14.7 Å². The second kappa shape index (κ2) is 6.50. The molecule has 0 aliphatic carbocycles. The van der Waals surface area contributed by atoms with E-state index in [4.69, 9.17) is 0 Å². The van der Waals surface area contributed by atoms with Crippen LogP contribution in [0.4, 0.5) is 4.39 Å². The van der Waals surface area contributed by atoms with Crippen molar-refractivity contribution in [2.75, 3.05) is 13.1 Å². The molecule has 1 aromatic heterocycles. The highest BCUT2D eigenvalue weighted by Crippen LogP contribution is 2.23. The van der Waals surface area contributed by atoms with Gasteiger partial charge in [0.25, 0.3) is 5.91 Å². The molecule has 0 spiro atoms. The number of amides is 1. The van der Waals surface area contributed by atoms with Crippen LogP contribution < -0.4 is 0 Å². The van der Waals surface area contributed by atoms with Gasteiger partial charge in [-0.3, -0.25) is 4.79 Å². The van der Waals surface area contributed by atoms with Gasteiger partial charge < -0.3 is 10.0 Å². The van der Waals surface area contributed by atoms with Gasteiger partial charge in [-0.2, -0.15) is 5.10 Å². The van der Waals surface area contributed by atoms with Gasteiger partial charge in [0.1, 0.15) is 11.5 Å². The fourth-order valence-electron chi connectivity index (χ4n) is 3.00. The van der Waals surface area contributed by atoms with Crippen molar-refractivity contribution < 1.29 is 14.3 Å². The summed E-state index contributed by atoms with van der Waals surface area (Å²) < 4.78 is 15.7. The predicted octanol–water partition coefficient (Wildman–Crippen LogP) is 2.24. The van der Waals surface area contributed by atoms with Crippen LogP contribution in [0.1, 0.15) is 30.1 Å². The molecule has 2 heterocycles. The largest absolute Gasteiger partial charge is 0.393 e. The van der Waals surface area contributed by atoms with Gasteiger partial charge in [-0.25, -0.2) is 9.07 Å². The molecule has 1 amide bonds. The molecule has 122 valence electrons. The fraction of sp³-hybridized carbons (Fsp3) is 0.412. The van der Waals surface area contributed by atoms with Crippen molar-refractivity contribution in [3.05, 3.63) is 48.0 Å². The van der Waals surface area contributed by atoms with Gasteiger partial charge in [0.05, 0.1) is 6.10 Å². The first-order valence-corrected chi connectivity index (χ1v) is 7.83. The van der Waals surface area contributed by atoms with Crippen molar-refractivity contribution in [2.24, 2.45) is 5.92 Å². The maximum atomic E-state index is 14.2. The van der Waals surface area contributed by atoms with Crippen molar-refractivity contribution in [3.63, 3.8) is 0 Å². The monoisotopic (exact) mass is 317 g/mol. The molecule has 1 fully saturated rings. The smallest absolute Gasteiger partial charge is 0.253 e. The summed E-state index contributed by atoms with van der Waals surface area (Å²) in [6.07, 6.45) is 4.43. The summed E-state index contributed by atoms with van der Waals surface area (Å²) in [5, 5.41) is 13.6. The van der Waals surface area contributed by atoms with Crippen LogP contribution in [-0.2, 0) is 0 Å². The van der Waals surface area contributed by atoms with E-state index in [1.807, 2.05) is 0 Å². The quantitative estimate of drug-likeness (QED) is 0.944. The molecule has 1 aliphatic rings. The standard InChI is InChI=1S/C17H20FN3O2/c1-12(22)13-5-9-20(10-6-13)17(23)14-3-4-16(15(18)11-14)21-8-2-7-19-21/h2-4,7-8,11-13,22H,5-6,9-10H2,1H3. The van der Waals surface area contributed by atoms with Crippen molar-refractivity contribution in [2.45, 2.75) is 25.9 Å². The summed E-state index contributed by atoms with van der Waals surface area (Å²) in [5.74, 6) is -0.406. The van der Waals surface area contributed by atoms with E-state index < -0.39 is 5.82 Å². The van der Waals surface area contributed by atoms with Gasteiger partial charge in [0.15, 0.2) is 0 Å². The number of rotatable bonds is 3. The minimum Gasteiger partial charge on any atom is -0.393 e. The Kier molecular flexibility index (Phi) is 4.43. The minimum atomic E-state index is -0.474. The summed E-state index contributed by atoms with van der Waals surface area (Å²) in [7, 11) is 0. The summed E-state index contributed by atoms with van der Waals surface area (Å²) in [6.45, 7) is 2.97. The topological polar surface area (TPSA) is 58.4 Å². The van der Waals surface area contributed by atoms with Gasteiger partial charge in [0.2, 0.25) is 0 Å². The maximum absolute atomic E-state index is 14.2. The first-order valence-electron chi connectivity index (χ1n) is 7.83. The van der Waals surface area contributed by atoms with Crippen molar-refractivity contribution in [3.8, 4) is 5.69 Å². The molecule has 0 saturated carbocycles. The average Bonchev–Trinajstić information content (AvgIpc) is 3.08. The van der Waals surface area contributed by atoms with Crippen LogP contribution in [0.25, 0.3) is 5.69 Å². The van der Waals surface area contributed by atoms with E-state index in [0.29, 0.717) is 24.3 Å². The van der Waals surface area contributed by atoms with Crippen LogP contribution in [0.5, 0.6) is 0 Å². The summed E-state index contributed by atoms with van der Waals surface area (Å²) in [5.41, 5.74) is 0.660. The molecule has 1 atom stereocenters. The second-order valence-corrected chi connectivity index (χ2v) is 5.99. The Bertz CT molecular complexity index is 677. The highest BCUT2D eigenvalue weighted by molar-refractivity contribution is 5.94. The van der Waals surface area contributed by atoms with E-state index in [1.165, 1.54) is 10.7 Å². The fourth-order valence-corrected chi connectivity index (χ4v) is 3.00. The molecule has 1 saturated heterocycles. The molecule has 1 N–H and O–H groups in total. The Labute approximate surface area is 134 Å². The van der Waals surface area contributed by atoms with Gasteiger partial charge in [0, 0.05) is 31.0 Å². The lowest BCUT2D eigenvalue weighted by Gasteiger charge is -2.33. The molecule has 3 rings (SSSR count). The van der Waals surface area contributed by atoms with E-state index in [0.717, 1.165) is 12.8 Å². The normalized spacial score (nSPS) is 17.3. The minimum absolute atomic E-state index is 0.167. The number of likely N-dealkylation sites (tertiary alicyclic amines) is 1. The van der Waals surface area contributed by atoms with Gasteiger partial charge >= 0.3 is 0 Å². The number of aliphatic hydroxyl groups excluding tert-OH is 1. The molecule has 0 bridgehead atoms. The highest BCUT2D eigenvalue weighted by atomic mass is 19.1.